The van der Waals surface area contributed by atoms with Crippen molar-refractivity contribution in [1.82, 2.24) is 5.32 Å². The molecule has 118 valence electrons. The van der Waals surface area contributed by atoms with Gasteiger partial charge in [0.25, 0.3) is 0 Å². The molecule has 0 radical (unpaired) electrons. The normalized spacial score (nSPS) is 18.6. The Kier molecular flexibility index (Phi) is 4.30. The molecule has 0 aliphatic carbocycles. The molecule has 1 aliphatic heterocycles. The second-order valence-electron chi connectivity index (χ2n) is 5.11. The zero-order valence-electron chi connectivity index (χ0n) is 12.4. The van der Waals surface area contributed by atoms with Crippen LogP contribution >= 0.6 is 0 Å². The van der Waals surface area contributed by atoms with Crippen molar-refractivity contribution in [2.24, 2.45) is 0 Å². The van der Waals surface area contributed by atoms with E-state index in [1.165, 1.54) is 13.2 Å². The molecule has 1 aliphatic rings. The van der Waals surface area contributed by atoms with Crippen LogP contribution in [0, 0.1) is 0 Å². The van der Waals surface area contributed by atoms with Crippen LogP contribution in [0.25, 0.3) is 0 Å². The summed E-state index contributed by atoms with van der Waals surface area (Å²) in [4.78, 5) is 12.0. The lowest BCUT2D eigenvalue weighted by Crippen LogP contribution is -2.25. The number of ether oxygens (including phenoxy) is 1. The summed E-state index contributed by atoms with van der Waals surface area (Å²) in [5.41, 5.74) is 1.32. The molecule has 1 N–H and O–H groups in total. The molecule has 0 spiro atoms. The predicted molar refractivity (Wildman–Crippen MR) is 75.8 cm³/mol. The van der Waals surface area contributed by atoms with Crippen LogP contribution in [0.5, 0.6) is 0 Å². The van der Waals surface area contributed by atoms with Crippen LogP contribution in [0.1, 0.15) is 30.9 Å². The Morgan fingerprint density at radius 3 is 2.55 bits per heavy atom. The summed E-state index contributed by atoms with van der Waals surface area (Å²) in [5, 5.41) is 3.01. The quantitative estimate of drug-likeness (QED) is 0.846. The first kappa shape index (κ1) is 16.1. The maximum absolute atomic E-state index is 12.9. The molecular weight excluding hydrogens is 295 g/mol. The van der Waals surface area contributed by atoms with E-state index in [9.17, 15) is 18.0 Å². The van der Waals surface area contributed by atoms with Gasteiger partial charge in [0, 0.05) is 17.3 Å². The fourth-order valence-electron chi connectivity index (χ4n) is 2.53. The summed E-state index contributed by atoms with van der Waals surface area (Å²) in [7, 11) is 1.25. The lowest BCUT2D eigenvalue weighted by atomic mass is 9.86. The second-order valence-corrected chi connectivity index (χ2v) is 5.11. The number of carbonyl (C=O) groups excluding carboxylic acids is 1. The van der Waals surface area contributed by atoms with Gasteiger partial charge in [-0.2, -0.15) is 13.2 Å². The summed E-state index contributed by atoms with van der Waals surface area (Å²) in [5.74, 6) is -1.13. The molecule has 0 saturated carbocycles. The molecule has 0 amide bonds. The molecule has 6 heteroatoms. The van der Waals surface area contributed by atoms with Crippen molar-refractivity contribution in [3.63, 3.8) is 0 Å². The highest BCUT2D eigenvalue weighted by Crippen LogP contribution is 2.36. The maximum Gasteiger partial charge on any atom is 0.416 e. The molecule has 22 heavy (non-hydrogen) atoms. The lowest BCUT2D eigenvalue weighted by molar-refractivity contribution is -0.137. The Labute approximate surface area is 126 Å². The summed E-state index contributed by atoms with van der Waals surface area (Å²) >= 11 is 0. The Morgan fingerprint density at radius 1 is 1.27 bits per heavy atom. The minimum Gasteiger partial charge on any atom is -0.466 e. The number of rotatable bonds is 2. The third-order valence-corrected chi connectivity index (χ3v) is 3.49. The van der Waals surface area contributed by atoms with E-state index in [0.717, 1.165) is 17.8 Å². The number of nitrogens with one attached hydrogen (secondary N) is 1. The van der Waals surface area contributed by atoms with Crippen LogP contribution in [0.3, 0.4) is 0 Å². The number of esters is 1. The van der Waals surface area contributed by atoms with Gasteiger partial charge in [-0.15, -0.1) is 0 Å². The van der Waals surface area contributed by atoms with E-state index < -0.39 is 23.6 Å². The number of allylic oxidation sites excluding steroid dienone is 3. The van der Waals surface area contributed by atoms with Crippen molar-refractivity contribution >= 4 is 5.97 Å². The first-order chi connectivity index (χ1) is 10.2. The van der Waals surface area contributed by atoms with Gasteiger partial charge in [0.1, 0.15) is 0 Å². The molecule has 3 nitrogen and oxygen atoms in total. The molecule has 1 heterocycles. The van der Waals surface area contributed by atoms with E-state index in [0.29, 0.717) is 16.8 Å². The molecule has 1 aromatic carbocycles. The zero-order valence-corrected chi connectivity index (χ0v) is 12.4. The Balaban J connectivity index is 2.53. The van der Waals surface area contributed by atoms with Crippen LogP contribution in [0.15, 0.2) is 47.3 Å². The van der Waals surface area contributed by atoms with Crippen molar-refractivity contribution in [1.29, 1.82) is 0 Å². The van der Waals surface area contributed by atoms with E-state index >= 15 is 0 Å². The summed E-state index contributed by atoms with van der Waals surface area (Å²) < 4.78 is 43.4. The fourth-order valence-corrected chi connectivity index (χ4v) is 2.53. The lowest BCUT2D eigenvalue weighted by Gasteiger charge is -2.25. The van der Waals surface area contributed by atoms with Gasteiger partial charge in [0.05, 0.1) is 18.2 Å². The van der Waals surface area contributed by atoms with E-state index in [2.05, 4.69) is 5.32 Å². The van der Waals surface area contributed by atoms with Gasteiger partial charge in [-0.25, -0.2) is 4.79 Å². The maximum atomic E-state index is 12.9. The average Bonchev–Trinajstić information content (AvgIpc) is 2.45. The SMILES string of the molecule is COC(=O)C1=C(C)NC(C)=CC1c1cccc(C(F)(F)F)c1. The standard InChI is InChI=1S/C16H16F3NO2/c1-9-7-13(14(10(2)20-9)15(21)22-3)11-5-4-6-12(8-11)16(17,18)19/h4-8,13,20H,1-3H3. The van der Waals surface area contributed by atoms with Crippen LogP contribution in [0.2, 0.25) is 0 Å². The Morgan fingerprint density at radius 2 is 1.95 bits per heavy atom. The minimum atomic E-state index is -4.42. The Bertz CT molecular complexity index is 660. The number of methoxy groups -OCH3 is 1. The second kappa shape index (κ2) is 5.87. The van der Waals surface area contributed by atoms with E-state index in [1.54, 1.807) is 26.0 Å². The molecule has 1 unspecified atom stereocenters. The number of benzene rings is 1. The average molecular weight is 311 g/mol. The highest BCUT2D eigenvalue weighted by molar-refractivity contribution is 5.92. The molecule has 0 aromatic heterocycles. The number of carbonyl (C=O) groups is 1. The van der Waals surface area contributed by atoms with E-state index in [-0.39, 0.29) is 0 Å². The molecule has 0 fully saturated rings. The largest absolute Gasteiger partial charge is 0.466 e. The molecular formula is C16H16F3NO2. The molecule has 2 rings (SSSR count). The summed E-state index contributed by atoms with van der Waals surface area (Å²) in [6.45, 7) is 3.49. The van der Waals surface area contributed by atoms with Gasteiger partial charge in [0.2, 0.25) is 0 Å². The first-order valence-electron chi connectivity index (χ1n) is 6.65. The number of dihydropyridines is 1. The van der Waals surface area contributed by atoms with Crippen LogP contribution in [-0.2, 0) is 15.7 Å². The predicted octanol–water partition coefficient (Wildman–Crippen LogP) is 3.74. The van der Waals surface area contributed by atoms with Crippen LogP contribution < -0.4 is 5.32 Å². The summed E-state index contributed by atoms with van der Waals surface area (Å²) in [6, 6.07) is 4.99. The number of hydrogen-bond donors (Lipinski definition) is 1. The number of alkyl halides is 3. The molecule has 0 bridgehead atoms. The summed E-state index contributed by atoms with van der Waals surface area (Å²) in [6.07, 6.45) is -2.71. The topological polar surface area (TPSA) is 38.3 Å². The van der Waals surface area contributed by atoms with Crippen molar-refractivity contribution < 1.29 is 22.7 Å². The number of halogens is 3. The highest BCUT2D eigenvalue weighted by atomic mass is 19.4. The van der Waals surface area contributed by atoms with Gasteiger partial charge in [0.15, 0.2) is 0 Å². The monoisotopic (exact) mass is 311 g/mol. The third-order valence-electron chi connectivity index (χ3n) is 3.49. The third kappa shape index (κ3) is 3.16. The number of hydrogen-bond acceptors (Lipinski definition) is 3. The van der Waals surface area contributed by atoms with E-state index in [4.69, 9.17) is 4.74 Å². The fraction of sp³-hybridized carbons (Fsp3) is 0.312. The van der Waals surface area contributed by atoms with E-state index in [1.807, 2.05) is 0 Å². The Hall–Kier alpha value is -2.24. The first-order valence-corrected chi connectivity index (χ1v) is 6.65. The van der Waals surface area contributed by atoms with Gasteiger partial charge in [-0.1, -0.05) is 24.3 Å². The van der Waals surface area contributed by atoms with Gasteiger partial charge >= 0.3 is 12.1 Å². The van der Waals surface area contributed by atoms with Crippen molar-refractivity contribution in [2.75, 3.05) is 7.11 Å². The van der Waals surface area contributed by atoms with Crippen LogP contribution in [-0.4, -0.2) is 13.1 Å². The van der Waals surface area contributed by atoms with Gasteiger partial charge in [-0.3, -0.25) is 0 Å². The van der Waals surface area contributed by atoms with Crippen molar-refractivity contribution in [2.45, 2.75) is 25.9 Å². The van der Waals surface area contributed by atoms with Crippen molar-refractivity contribution in [3.05, 3.63) is 58.4 Å². The van der Waals surface area contributed by atoms with Crippen LogP contribution in [0.4, 0.5) is 13.2 Å². The highest BCUT2D eigenvalue weighted by Gasteiger charge is 2.33. The van der Waals surface area contributed by atoms with Crippen molar-refractivity contribution in [3.8, 4) is 0 Å². The smallest absolute Gasteiger partial charge is 0.416 e. The molecule has 1 aromatic rings. The zero-order chi connectivity index (χ0) is 16.5. The minimum absolute atomic E-state index is 0.312. The molecule has 0 saturated heterocycles. The van der Waals surface area contributed by atoms with Gasteiger partial charge in [-0.05, 0) is 25.5 Å². The molecule has 1 atom stereocenters. The van der Waals surface area contributed by atoms with Gasteiger partial charge < -0.3 is 10.1 Å².